The zero-order valence-corrected chi connectivity index (χ0v) is 12.1. The minimum atomic E-state index is -0.235. The minimum Gasteiger partial charge on any atom is -0.256 e. The summed E-state index contributed by atoms with van der Waals surface area (Å²) in [5.41, 5.74) is 5.96. The Balaban J connectivity index is 1.65. The molecule has 5 heteroatoms. The minimum absolute atomic E-state index is 0.235. The van der Waals surface area contributed by atoms with Crippen molar-refractivity contribution in [2.45, 2.75) is 6.54 Å². The van der Waals surface area contributed by atoms with Crippen LogP contribution in [0.2, 0.25) is 0 Å². The summed E-state index contributed by atoms with van der Waals surface area (Å²) in [5.74, 6) is 0.493. The van der Waals surface area contributed by atoms with Crippen LogP contribution in [0.4, 0.5) is 4.39 Å². The predicted octanol–water partition coefficient (Wildman–Crippen LogP) is 3.42. The van der Waals surface area contributed by atoms with Crippen LogP contribution < -0.4 is 5.43 Å². The first-order chi connectivity index (χ1) is 10.3. The number of hydrazone groups is 1. The van der Waals surface area contributed by atoms with Gasteiger partial charge in [0.2, 0.25) is 0 Å². The van der Waals surface area contributed by atoms with Crippen molar-refractivity contribution >= 4 is 22.6 Å². The van der Waals surface area contributed by atoms with Gasteiger partial charge < -0.3 is 0 Å². The maximum atomic E-state index is 12.9. The quantitative estimate of drug-likeness (QED) is 0.943. The van der Waals surface area contributed by atoms with Crippen molar-refractivity contribution in [3.8, 4) is 0 Å². The van der Waals surface area contributed by atoms with Gasteiger partial charge in [0.05, 0.1) is 12.3 Å². The van der Waals surface area contributed by atoms with Gasteiger partial charge in [0, 0.05) is 5.75 Å². The zero-order valence-electron chi connectivity index (χ0n) is 11.3. The molecule has 0 unspecified atom stereocenters. The van der Waals surface area contributed by atoms with E-state index < -0.39 is 0 Å². The molecule has 0 aromatic heterocycles. The molecule has 3 nitrogen and oxygen atoms in total. The van der Waals surface area contributed by atoms with Crippen molar-refractivity contribution in [1.29, 1.82) is 0 Å². The molecule has 2 aromatic rings. The van der Waals surface area contributed by atoms with Gasteiger partial charge in [-0.2, -0.15) is 5.10 Å². The van der Waals surface area contributed by atoms with E-state index in [0.29, 0.717) is 6.54 Å². The van der Waals surface area contributed by atoms with Crippen LogP contribution in [-0.4, -0.2) is 16.6 Å². The van der Waals surface area contributed by atoms with Crippen molar-refractivity contribution in [1.82, 2.24) is 5.43 Å². The Morgan fingerprint density at radius 1 is 1.10 bits per heavy atom. The van der Waals surface area contributed by atoms with Gasteiger partial charge in [-0.25, -0.2) is 4.39 Å². The van der Waals surface area contributed by atoms with Crippen molar-refractivity contribution in [3.05, 3.63) is 71.5 Å². The SMILES string of the molecule is Fc1ccc(C2=NNC(=NCc3ccccc3)SC2)cc1. The van der Waals surface area contributed by atoms with Crippen molar-refractivity contribution < 1.29 is 4.39 Å². The summed E-state index contributed by atoms with van der Waals surface area (Å²) in [4.78, 5) is 4.50. The molecule has 0 aliphatic carbocycles. The van der Waals surface area contributed by atoms with Crippen LogP contribution >= 0.6 is 11.8 Å². The molecular formula is C16H14FN3S. The third-order valence-corrected chi connectivity index (χ3v) is 3.97. The predicted molar refractivity (Wildman–Crippen MR) is 86.1 cm³/mol. The molecule has 21 heavy (non-hydrogen) atoms. The Morgan fingerprint density at radius 2 is 1.86 bits per heavy atom. The lowest BCUT2D eigenvalue weighted by Crippen LogP contribution is -2.25. The van der Waals surface area contributed by atoms with Crippen LogP contribution in [0.25, 0.3) is 0 Å². The fourth-order valence-electron chi connectivity index (χ4n) is 1.93. The van der Waals surface area contributed by atoms with Crippen LogP contribution in [0.5, 0.6) is 0 Å². The highest BCUT2D eigenvalue weighted by Crippen LogP contribution is 2.15. The topological polar surface area (TPSA) is 36.8 Å². The maximum Gasteiger partial charge on any atom is 0.177 e. The number of nitrogens with one attached hydrogen (secondary N) is 1. The van der Waals surface area contributed by atoms with Crippen molar-refractivity contribution in [3.63, 3.8) is 0 Å². The molecule has 0 spiro atoms. The van der Waals surface area contributed by atoms with Gasteiger partial charge >= 0.3 is 0 Å². The summed E-state index contributed by atoms with van der Waals surface area (Å²) < 4.78 is 12.9. The van der Waals surface area contributed by atoms with E-state index in [1.165, 1.54) is 17.7 Å². The summed E-state index contributed by atoms with van der Waals surface area (Å²) in [6.07, 6.45) is 0. The number of nitrogens with zero attached hydrogens (tertiary/aromatic N) is 2. The van der Waals surface area contributed by atoms with E-state index in [-0.39, 0.29) is 5.82 Å². The molecule has 0 saturated heterocycles. The van der Waals surface area contributed by atoms with Crippen LogP contribution in [-0.2, 0) is 6.54 Å². The van der Waals surface area contributed by atoms with Gasteiger partial charge in [-0.3, -0.25) is 10.4 Å². The third-order valence-electron chi connectivity index (χ3n) is 3.06. The number of aliphatic imine (C=N–C) groups is 1. The number of halogens is 1. The normalized spacial score (nSPS) is 16.4. The van der Waals surface area contributed by atoms with Gasteiger partial charge in [-0.05, 0) is 23.3 Å². The number of hydrogen-bond donors (Lipinski definition) is 1. The molecule has 0 amide bonds. The Kier molecular flexibility index (Phi) is 4.31. The molecule has 0 atom stereocenters. The van der Waals surface area contributed by atoms with E-state index in [1.807, 2.05) is 30.3 Å². The summed E-state index contributed by atoms with van der Waals surface area (Å²) in [7, 11) is 0. The lowest BCUT2D eigenvalue weighted by molar-refractivity contribution is 0.628. The highest BCUT2D eigenvalue weighted by molar-refractivity contribution is 8.14. The first kappa shape index (κ1) is 13.8. The molecule has 0 radical (unpaired) electrons. The van der Waals surface area contributed by atoms with Crippen molar-refractivity contribution in [2.75, 3.05) is 5.75 Å². The van der Waals surface area contributed by atoms with Gasteiger partial charge in [0.25, 0.3) is 0 Å². The standard InChI is InChI=1S/C16H14FN3S/c17-14-8-6-13(7-9-14)15-11-21-16(20-19-15)18-10-12-4-2-1-3-5-12/h1-9H,10-11H2,(H,18,20). The van der Waals surface area contributed by atoms with Gasteiger partial charge in [0.1, 0.15) is 5.82 Å². The molecule has 1 heterocycles. The number of rotatable bonds is 3. The third kappa shape index (κ3) is 3.70. The lowest BCUT2D eigenvalue weighted by atomic mass is 10.1. The largest absolute Gasteiger partial charge is 0.256 e. The Hall–Kier alpha value is -2.14. The molecule has 2 aromatic carbocycles. The molecule has 106 valence electrons. The van der Waals surface area contributed by atoms with Crippen LogP contribution in [0.1, 0.15) is 11.1 Å². The monoisotopic (exact) mass is 299 g/mol. The average Bonchev–Trinajstić information content (AvgIpc) is 2.55. The van der Waals surface area contributed by atoms with E-state index in [4.69, 9.17) is 0 Å². The van der Waals surface area contributed by atoms with Gasteiger partial charge in [0.15, 0.2) is 5.17 Å². The molecular weight excluding hydrogens is 285 g/mol. The van der Waals surface area contributed by atoms with Gasteiger partial charge in [-0.15, -0.1) is 0 Å². The Morgan fingerprint density at radius 3 is 2.52 bits per heavy atom. The number of amidine groups is 1. The first-order valence-electron chi connectivity index (χ1n) is 6.61. The molecule has 0 saturated carbocycles. The molecule has 0 fully saturated rings. The summed E-state index contributed by atoms with van der Waals surface area (Å²) in [6.45, 7) is 0.636. The second-order valence-corrected chi connectivity index (χ2v) is 5.54. The van der Waals surface area contributed by atoms with Gasteiger partial charge in [-0.1, -0.05) is 54.2 Å². The molecule has 1 N–H and O–H groups in total. The fourth-order valence-corrected chi connectivity index (χ4v) is 2.70. The van der Waals surface area contributed by atoms with E-state index in [2.05, 4.69) is 15.5 Å². The summed E-state index contributed by atoms with van der Waals surface area (Å²) in [5, 5.41) is 5.13. The Labute approximate surface area is 127 Å². The molecule has 1 aliphatic heterocycles. The summed E-state index contributed by atoms with van der Waals surface area (Å²) >= 11 is 1.60. The zero-order chi connectivity index (χ0) is 14.5. The highest BCUT2D eigenvalue weighted by Gasteiger charge is 2.12. The average molecular weight is 299 g/mol. The second kappa shape index (κ2) is 6.54. The second-order valence-electron chi connectivity index (χ2n) is 4.57. The number of thioether (sulfide) groups is 1. The molecule has 1 aliphatic rings. The highest BCUT2D eigenvalue weighted by atomic mass is 32.2. The lowest BCUT2D eigenvalue weighted by Gasteiger charge is -2.14. The molecule has 0 bridgehead atoms. The van der Waals surface area contributed by atoms with E-state index >= 15 is 0 Å². The van der Waals surface area contributed by atoms with E-state index in [0.717, 1.165) is 22.2 Å². The number of benzene rings is 2. The maximum absolute atomic E-state index is 12.9. The van der Waals surface area contributed by atoms with E-state index in [1.54, 1.807) is 23.9 Å². The Bertz CT molecular complexity index is 666. The van der Waals surface area contributed by atoms with Crippen LogP contribution in [0.15, 0.2) is 64.7 Å². The van der Waals surface area contributed by atoms with Crippen molar-refractivity contribution in [2.24, 2.45) is 10.1 Å². The molecule has 3 rings (SSSR count). The van der Waals surface area contributed by atoms with Crippen LogP contribution in [0, 0.1) is 5.82 Å². The fraction of sp³-hybridized carbons (Fsp3) is 0.125. The number of hydrogen-bond acceptors (Lipinski definition) is 3. The smallest absolute Gasteiger partial charge is 0.177 e. The van der Waals surface area contributed by atoms with Crippen LogP contribution in [0.3, 0.4) is 0 Å². The first-order valence-corrected chi connectivity index (χ1v) is 7.59. The summed E-state index contributed by atoms with van der Waals surface area (Å²) in [6, 6.07) is 16.5. The van der Waals surface area contributed by atoms with E-state index in [9.17, 15) is 4.39 Å².